The van der Waals surface area contributed by atoms with E-state index in [0.29, 0.717) is 17.1 Å². The molecule has 0 spiro atoms. The Morgan fingerprint density at radius 1 is 1.23 bits per heavy atom. The lowest BCUT2D eigenvalue weighted by atomic mass is 10.4. The molecule has 0 aliphatic carbocycles. The molecular formula is C8H4N4O. The van der Waals surface area contributed by atoms with Crippen molar-refractivity contribution in [1.82, 2.24) is 15.0 Å². The highest BCUT2D eigenvalue weighted by molar-refractivity contribution is 5.44. The van der Waals surface area contributed by atoms with Crippen LogP contribution in [0.15, 0.2) is 29.4 Å². The van der Waals surface area contributed by atoms with Gasteiger partial charge >= 0.3 is 0 Å². The van der Waals surface area contributed by atoms with Gasteiger partial charge < -0.3 is 4.42 Å². The van der Waals surface area contributed by atoms with E-state index in [-0.39, 0.29) is 0 Å². The molecule has 2 heterocycles. The normalized spacial score (nSPS) is 9.46. The maximum Gasteiger partial charge on any atom is 0.197 e. The molecule has 5 heteroatoms. The molecule has 0 saturated carbocycles. The molecule has 0 amide bonds. The molecule has 0 N–H and O–H groups in total. The van der Waals surface area contributed by atoms with Gasteiger partial charge in [0.15, 0.2) is 18.0 Å². The smallest absolute Gasteiger partial charge is 0.197 e. The van der Waals surface area contributed by atoms with E-state index in [1.54, 1.807) is 0 Å². The first-order valence-corrected chi connectivity index (χ1v) is 3.51. The summed E-state index contributed by atoms with van der Waals surface area (Å²) in [6, 6.07) is 1.93. The monoisotopic (exact) mass is 172 g/mol. The number of rotatable bonds is 1. The molecular weight excluding hydrogens is 168 g/mol. The zero-order valence-electron chi connectivity index (χ0n) is 6.51. The number of nitrogens with zero attached hydrogens (tertiary/aromatic N) is 4. The minimum Gasteiger partial charge on any atom is -0.440 e. The molecule has 0 saturated heterocycles. The molecule has 0 unspecified atom stereocenters. The Hall–Kier alpha value is -2.22. The predicted molar refractivity (Wildman–Crippen MR) is 42.2 cm³/mol. The van der Waals surface area contributed by atoms with Gasteiger partial charge in [0.05, 0.1) is 11.8 Å². The van der Waals surface area contributed by atoms with E-state index in [1.165, 1.54) is 25.0 Å². The summed E-state index contributed by atoms with van der Waals surface area (Å²) in [7, 11) is 0. The minimum atomic E-state index is 0.420. The van der Waals surface area contributed by atoms with Crippen molar-refractivity contribution >= 4 is 0 Å². The second-order valence-corrected chi connectivity index (χ2v) is 2.27. The number of oxazole rings is 1. The van der Waals surface area contributed by atoms with Crippen LogP contribution >= 0.6 is 0 Å². The van der Waals surface area contributed by atoms with Crippen LogP contribution in [0.3, 0.4) is 0 Å². The Bertz CT molecular complexity index is 426. The Kier molecular flexibility index (Phi) is 1.73. The summed E-state index contributed by atoms with van der Waals surface area (Å²) in [5, 5.41) is 8.49. The van der Waals surface area contributed by atoms with Crippen LogP contribution in [-0.4, -0.2) is 15.0 Å². The van der Waals surface area contributed by atoms with Gasteiger partial charge in [-0.15, -0.1) is 0 Å². The Balaban J connectivity index is 2.40. The Morgan fingerprint density at radius 3 is 2.54 bits per heavy atom. The average Bonchev–Trinajstić information content (AvgIpc) is 2.71. The van der Waals surface area contributed by atoms with Crippen molar-refractivity contribution < 1.29 is 4.42 Å². The lowest BCUT2D eigenvalue weighted by Gasteiger charge is -1.92. The van der Waals surface area contributed by atoms with Crippen LogP contribution in [0, 0.1) is 11.3 Å². The number of hydrogen-bond acceptors (Lipinski definition) is 5. The molecule has 0 atom stereocenters. The zero-order chi connectivity index (χ0) is 9.10. The highest BCUT2D eigenvalue weighted by Gasteiger charge is 2.03. The summed E-state index contributed by atoms with van der Waals surface area (Å²) in [5.74, 6) is 0.918. The molecule has 0 aliphatic rings. The highest BCUT2D eigenvalue weighted by Crippen LogP contribution is 2.11. The quantitative estimate of drug-likeness (QED) is 0.641. The Morgan fingerprint density at radius 2 is 2.00 bits per heavy atom. The second-order valence-electron chi connectivity index (χ2n) is 2.27. The maximum atomic E-state index is 8.49. The third-order valence-electron chi connectivity index (χ3n) is 1.43. The van der Waals surface area contributed by atoms with Gasteiger partial charge in [-0.05, 0) is 0 Å². The molecule has 2 aromatic rings. The molecule has 0 radical (unpaired) electrons. The molecule has 0 aliphatic heterocycles. The lowest BCUT2D eigenvalue weighted by Crippen LogP contribution is -1.87. The van der Waals surface area contributed by atoms with E-state index in [1.807, 2.05) is 6.07 Å². The third kappa shape index (κ3) is 1.37. The number of aromatic nitrogens is 3. The summed E-state index contributed by atoms with van der Waals surface area (Å²) in [6.45, 7) is 0. The SMILES string of the molecule is N#Cc1cnc(-c2cnco2)nc1. The van der Waals surface area contributed by atoms with Crippen LogP contribution in [0.1, 0.15) is 5.56 Å². The average molecular weight is 172 g/mol. The second kappa shape index (κ2) is 3.03. The minimum absolute atomic E-state index is 0.420. The molecule has 13 heavy (non-hydrogen) atoms. The lowest BCUT2D eigenvalue weighted by molar-refractivity contribution is 0.567. The standard InChI is InChI=1S/C8H4N4O/c9-1-6-2-11-8(12-3-6)7-4-10-5-13-7/h2-5H. The van der Waals surface area contributed by atoms with Gasteiger partial charge in [0.1, 0.15) is 6.07 Å². The largest absolute Gasteiger partial charge is 0.440 e. The van der Waals surface area contributed by atoms with Crippen LogP contribution in [0.25, 0.3) is 11.6 Å². The zero-order valence-corrected chi connectivity index (χ0v) is 6.51. The van der Waals surface area contributed by atoms with Crippen molar-refractivity contribution in [2.24, 2.45) is 0 Å². The first-order chi connectivity index (χ1) is 6.40. The molecule has 62 valence electrons. The van der Waals surface area contributed by atoms with E-state index in [2.05, 4.69) is 15.0 Å². The van der Waals surface area contributed by atoms with Crippen LogP contribution in [0.5, 0.6) is 0 Å². The van der Waals surface area contributed by atoms with Gasteiger partial charge in [0.25, 0.3) is 0 Å². The molecule has 2 rings (SSSR count). The highest BCUT2D eigenvalue weighted by atomic mass is 16.3. The predicted octanol–water partition coefficient (Wildman–Crippen LogP) is 1.00. The van der Waals surface area contributed by atoms with Crippen molar-refractivity contribution in [3.05, 3.63) is 30.5 Å². The first kappa shape index (κ1) is 7.43. The van der Waals surface area contributed by atoms with E-state index >= 15 is 0 Å². The fourth-order valence-electron chi connectivity index (χ4n) is 0.839. The topological polar surface area (TPSA) is 75.6 Å². The van der Waals surface area contributed by atoms with E-state index in [9.17, 15) is 0 Å². The van der Waals surface area contributed by atoms with E-state index < -0.39 is 0 Å². The number of hydrogen-bond donors (Lipinski definition) is 0. The fraction of sp³-hybridized carbons (Fsp3) is 0. The van der Waals surface area contributed by atoms with Crippen molar-refractivity contribution in [3.63, 3.8) is 0 Å². The van der Waals surface area contributed by atoms with Crippen molar-refractivity contribution in [2.75, 3.05) is 0 Å². The molecule has 0 aromatic carbocycles. The molecule has 2 aromatic heterocycles. The van der Waals surface area contributed by atoms with Crippen LogP contribution in [0.4, 0.5) is 0 Å². The first-order valence-electron chi connectivity index (χ1n) is 3.51. The summed E-state index contributed by atoms with van der Waals surface area (Å²) in [6.07, 6.45) is 5.69. The molecule has 5 nitrogen and oxygen atoms in total. The third-order valence-corrected chi connectivity index (χ3v) is 1.43. The summed E-state index contributed by atoms with van der Waals surface area (Å²) in [5.41, 5.74) is 0.420. The van der Waals surface area contributed by atoms with E-state index in [4.69, 9.17) is 9.68 Å². The summed E-state index contributed by atoms with van der Waals surface area (Å²) in [4.78, 5) is 11.6. The van der Waals surface area contributed by atoms with Crippen LogP contribution in [0.2, 0.25) is 0 Å². The Labute approximate surface area is 73.7 Å². The van der Waals surface area contributed by atoms with Gasteiger partial charge in [-0.3, -0.25) is 0 Å². The van der Waals surface area contributed by atoms with Gasteiger partial charge in [-0.25, -0.2) is 15.0 Å². The number of nitriles is 1. The molecule has 0 fully saturated rings. The van der Waals surface area contributed by atoms with E-state index in [0.717, 1.165) is 0 Å². The van der Waals surface area contributed by atoms with Crippen molar-refractivity contribution in [3.8, 4) is 17.7 Å². The molecule has 0 bridgehead atoms. The summed E-state index contributed by atoms with van der Waals surface area (Å²) >= 11 is 0. The van der Waals surface area contributed by atoms with Crippen LogP contribution in [-0.2, 0) is 0 Å². The van der Waals surface area contributed by atoms with Gasteiger partial charge in [0, 0.05) is 12.4 Å². The van der Waals surface area contributed by atoms with Gasteiger partial charge in [-0.1, -0.05) is 0 Å². The van der Waals surface area contributed by atoms with Gasteiger partial charge in [0.2, 0.25) is 0 Å². The van der Waals surface area contributed by atoms with Crippen LogP contribution < -0.4 is 0 Å². The fourth-order valence-corrected chi connectivity index (χ4v) is 0.839. The van der Waals surface area contributed by atoms with Crippen molar-refractivity contribution in [1.29, 1.82) is 5.26 Å². The summed E-state index contributed by atoms with van der Waals surface area (Å²) < 4.78 is 4.97. The maximum absolute atomic E-state index is 8.49. The van der Waals surface area contributed by atoms with Gasteiger partial charge in [-0.2, -0.15) is 5.26 Å². The van der Waals surface area contributed by atoms with Crippen molar-refractivity contribution in [2.45, 2.75) is 0 Å².